The van der Waals surface area contributed by atoms with E-state index in [4.69, 9.17) is 0 Å². The maximum absolute atomic E-state index is 12.3. The van der Waals surface area contributed by atoms with Crippen LogP contribution in [-0.2, 0) is 16.1 Å². The zero-order valence-corrected chi connectivity index (χ0v) is 12.7. The van der Waals surface area contributed by atoms with Crippen LogP contribution in [0.3, 0.4) is 0 Å². The van der Waals surface area contributed by atoms with E-state index in [2.05, 4.69) is 4.98 Å². The molecule has 0 radical (unpaired) electrons. The third kappa shape index (κ3) is 2.36. The zero-order valence-electron chi connectivity index (χ0n) is 11.9. The Labute approximate surface area is 117 Å². The van der Waals surface area contributed by atoms with Crippen molar-refractivity contribution < 1.29 is 9.59 Å². The van der Waals surface area contributed by atoms with Crippen LogP contribution in [-0.4, -0.2) is 45.7 Å². The first-order valence-corrected chi connectivity index (χ1v) is 7.14. The second-order valence-corrected chi connectivity index (χ2v) is 6.30. The molecule has 1 aliphatic rings. The molecular formula is C13H19N3O2S. The van der Waals surface area contributed by atoms with Gasteiger partial charge in [-0.2, -0.15) is 0 Å². The number of piperazine rings is 1. The normalized spacial score (nSPS) is 24.3. The van der Waals surface area contributed by atoms with E-state index in [9.17, 15) is 9.59 Å². The van der Waals surface area contributed by atoms with Gasteiger partial charge in [0.25, 0.3) is 0 Å². The molecule has 0 N–H and O–H groups in total. The summed E-state index contributed by atoms with van der Waals surface area (Å²) in [5.41, 5.74) is 0.946. The van der Waals surface area contributed by atoms with Crippen molar-refractivity contribution in [3.63, 3.8) is 0 Å². The predicted octanol–water partition coefficient (Wildman–Crippen LogP) is 1.34. The fourth-order valence-electron chi connectivity index (χ4n) is 2.31. The molecule has 19 heavy (non-hydrogen) atoms. The molecule has 5 nitrogen and oxygen atoms in total. The third-order valence-electron chi connectivity index (χ3n) is 3.71. The van der Waals surface area contributed by atoms with Crippen molar-refractivity contribution in [2.45, 2.75) is 46.3 Å². The minimum Gasteiger partial charge on any atom is -0.332 e. The monoisotopic (exact) mass is 281 g/mol. The highest BCUT2D eigenvalue weighted by Gasteiger charge is 2.40. The topological polar surface area (TPSA) is 53.5 Å². The molecule has 104 valence electrons. The van der Waals surface area contributed by atoms with E-state index in [0.29, 0.717) is 6.54 Å². The summed E-state index contributed by atoms with van der Waals surface area (Å²) in [5.74, 6) is -0.00829. The van der Waals surface area contributed by atoms with Gasteiger partial charge in [-0.3, -0.25) is 9.59 Å². The minimum absolute atomic E-state index is 0.0000491. The van der Waals surface area contributed by atoms with Gasteiger partial charge in [0.15, 0.2) is 0 Å². The Hall–Kier alpha value is -1.43. The Kier molecular flexibility index (Phi) is 3.62. The number of carbonyl (C=O) groups is 2. The van der Waals surface area contributed by atoms with Gasteiger partial charge < -0.3 is 9.80 Å². The molecule has 1 aliphatic heterocycles. The Morgan fingerprint density at radius 3 is 2.32 bits per heavy atom. The van der Waals surface area contributed by atoms with E-state index in [1.165, 1.54) is 4.90 Å². The number of aromatic nitrogens is 1. The van der Waals surface area contributed by atoms with Gasteiger partial charge in [-0.15, -0.1) is 11.3 Å². The van der Waals surface area contributed by atoms with E-state index in [1.807, 2.05) is 13.8 Å². The first kappa shape index (κ1) is 14.0. The van der Waals surface area contributed by atoms with Gasteiger partial charge in [0, 0.05) is 11.9 Å². The summed E-state index contributed by atoms with van der Waals surface area (Å²) in [6.07, 6.45) is 0. The first-order valence-electron chi connectivity index (χ1n) is 6.33. The first-order chi connectivity index (χ1) is 8.82. The number of likely N-dealkylation sites (N-methyl/N-ethyl adjacent to an activating group) is 1. The number of carbonyl (C=O) groups excluding carboxylic acids is 2. The molecular weight excluding hydrogens is 262 g/mol. The van der Waals surface area contributed by atoms with E-state index in [0.717, 1.165) is 15.6 Å². The lowest BCUT2D eigenvalue weighted by molar-refractivity contribution is -0.159. The summed E-state index contributed by atoms with van der Waals surface area (Å²) in [4.78, 5) is 33.0. The van der Waals surface area contributed by atoms with Crippen molar-refractivity contribution in [2.75, 3.05) is 7.05 Å². The number of thiazole rings is 1. The molecule has 0 unspecified atom stereocenters. The Balaban J connectivity index is 2.26. The summed E-state index contributed by atoms with van der Waals surface area (Å²) >= 11 is 1.59. The molecule has 6 heteroatoms. The second kappa shape index (κ2) is 4.92. The van der Waals surface area contributed by atoms with Gasteiger partial charge in [0.2, 0.25) is 11.8 Å². The highest BCUT2D eigenvalue weighted by Crippen LogP contribution is 2.24. The summed E-state index contributed by atoms with van der Waals surface area (Å²) in [5, 5.41) is 0.987. The third-order valence-corrected chi connectivity index (χ3v) is 4.77. The molecule has 2 amide bonds. The summed E-state index contributed by atoms with van der Waals surface area (Å²) in [6, 6.07) is -0.798. The van der Waals surface area contributed by atoms with E-state index < -0.39 is 12.1 Å². The van der Waals surface area contributed by atoms with Crippen LogP contribution in [0.5, 0.6) is 0 Å². The molecule has 0 spiro atoms. The predicted molar refractivity (Wildman–Crippen MR) is 73.8 cm³/mol. The number of hydrogen-bond donors (Lipinski definition) is 0. The molecule has 0 aromatic carbocycles. The molecule has 1 aromatic rings. The molecule has 2 heterocycles. The fourth-order valence-corrected chi connectivity index (χ4v) is 3.24. The van der Waals surface area contributed by atoms with Crippen LogP contribution in [0.4, 0.5) is 0 Å². The quantitative estimate of drug-likeness (QED) is 0.822. The smallest absolute Gasteiger partial charge is 0.246 e. The molecule has 2 atom stereocenters. The van der Waals surface area contributed by atoms with Crippen molar-refractivity contribution in [2.24, 2.45) is 0 Å². The zero-order chi connectivity index (χ0) is 14.3. The van der Waals surface area contributed by atoms with Crippen molar-refractivity contribution in [3.8, 4) is 0 Å². The molecule has 0 bridgehead atoms. The molecule has 1 saturated heterocycles. The average Bonchev–Trinajstić information content (AvgIpc) is 2.68. The van der Waals surface area contributed by atoms with Gasteiger partial charge in [0.05, 0.1) is 17.2 Å². The minimum atomic E-state index is -0.407. The lowest BCUT2D eigenvalue weighted by Crippen LogP contribution is -2.61. The molecule has 1 fully saturated rings. The number of aryl methyl sites for hydroxylation is 2. The highest BCUT2D eigenvalue weighted by molar-refractivity contribution is 7.11. The van der Waals surface area contributed by atoms with Gasteiger partial charge in [0.1, 0.15) is 12.1 Å². The summed E-state index contributed by atoms with van der Waals surface area (Å²) in [7, 11) is 1.68. The standard InChI is InChI=1S/C13H19N3O2S/c1-7-11(19-10(4)14-7)6-16-9(3)12(17)15(5)8(2)13(16)18/h8-9H,6H2,1-5H3/t8-,9-/m0/s1. The van der Waals surface area contributed by atoms with Crippen molar-refractivity contribution in [1.82, 2.24) is 14.8 Å². The maximum atomic E-state index is 12.3. The van der Waals surface area contributed by atoms with Crippen LogP contribution >= 0.6 is 11.3 Å². The van der Waals surface area contributed by atoms with Crippen LogP contribution in [0.25, 0.3) is 0 Å². The number of rotatable bonds is 2. The van der Waals surface area contributed by atoms with Crippen molar-refractivity contribution in [1.29, 1.82) is 0 Å². The largest absolute Gasteiger partial charge is 0.332 e. The molecule has 1 aromatic heterocycles. The lowest BCUT2D eigenvalue weighted by atomic mass is 10.1. The second-order valence-electron chi connectivity index (χ2n) is 5.01. The fraction of sp³-hybridized carbons (Fsp3) is 0.615. The maximum Gasteiger partial charge on any atom is 0.246 e. The van der Waals surface area contributed by atoms with Crippen LogP contribution in [0.2, 0.25) is 0 Å². The van der Waals surface area contributed by atoms with Crippen LogP contribution in [0.15, 0.2) is 0 Å². The highest BCUT2D eigenvalue weighted by atomic mass is 32.1. The van der Waals surface area contributed by atoms with Gasteiger partial charge in [-0.05, 0) is 27.7 Å². The summed E-state index contributed by atoms with van der Waals surface area (Å²) in [6.45, 7) is 7.91. The Bertz CT molecular complexity index is 526. The van der Waals surface area contributed by atoms with Crippen LogP contribution in [0, 0.1) is 13.8 Å². The van der Waals surface area contributed by atoms with Gasteiger partial charge in [-0.25, -0.2) is 4.98 Å². The van der Waals surface area contributed by atoms with Crippen LogP contribution < -0.4 is 0 Å². The summed E-state index contributed by atoms with van der Waals surface area (Å²) < 4.78 is 0. The number of nitrogens with zero attached hydrogens (tertiary/aromatic N) is 3. The van der Waals surface area contributed by atoms with E-state index in [-0.39, 0.29) is 11.8 Å². The number of hydrogen-bond acceptors (Lipinski definition) is 4. The van der Waals surface area contributed by atoms with Crippen molar-refractivity contribution >= 4 is 23.2 Å². The molecule has 0 saturated carbocycles. The van der Waals surface area contributed by atoms with Crippen molar-refractivity contribution in [3.05, 3.63) is 15.6 Å². The van der Waals surface area contributed by atoms with Gasteiger partial charge in [-0.1, -0.05) is 0 Å². The van der Waals surface area contributed by atoms with E-state index in [1.54, 1.807) is 37.1 Å². The lowest BCUT2D eigenvalue weighted by Gasteiger charge is -2.40. The molecule has 0 aliphatic carbocycles. The Morgan fingerprint density at radius 1 is 1.16 bits per heavy atom. The SMILES string of the molecule is Cc1nc(C)c(CN2C(=O)[C@H](C)N(C)C(=O)[C@@H]2C)s1. The van der Waals surface area contributed by atoms with Crippen LogP contribution in [0.1, 0.15) is 29.4 Å². The van der Waals surface area contributed by atoms with E-state index >= 15 is 0 Å². The van der Waals surface area contributed by atoms with Gasteiger partial charge >= 0.3 is 0 Å². The average molecular weight is 281 g/mol. The number of amides is 2. The Morgan fingerprint density at radius 2 is 1.79 bits per heavy atom. The molecule has 2 rings (SSSR count).